The van der Waals surface area contributed by atoms with E-state index in [9.17, 15) is 9.59 Å². The van der Waals surface area contributed by atoms with Gasteiger partial charge in [-0.05, 0) is 29.8 Å². The van der Waals surface area contributed by atoms with Crippen molar-refractivity contribution in [2.45, 2.75) is 13.1 Å². The molecule has 0 aliphatic rings. The molecule has 2 aromatic heterocycles. The molecule has 24 heavy (non-hydrogen) atoms. The van der Waals surface area contributed by atoms with Crippen LogP contribution in [0.25, 0.3) is 11.2 Å². The molecule has 7 heteroatoms. The van der Waals surface area contributed by atoms with Gasteiger partial charge >= 0.3 is 5.69 Å². The standard InChI is InChI=1S/C17H18N4O3/c1-20-16-14(4-3-9-18-16)21(17(20)23)11-15(22)19-10-12-5-7-13(24-2)8-6-12/h3-9H,10-11H2,1-2H3,(H,19,22). The Hall–Kier alpha value is -3.09. The lowest BCUT2D eigenvalue weighted by Gasteiger charge is -2.07. The number of aromatic nitrogens is 3. The minimum atomic E-state index is -0.261. The number of ether oxygens (including phenoxy) is 1. The van der Waals surface area contributed by atoms with E-state index in [-0.39, 0.29) is 18.1 Å². The third-order valence-electron chi connectivity index (χ3n) is 3.84. The second kappa shape index (κ2) is 6.57. The van der Waals surface area contributed by atoms with Crippen molar-refractivity contribution in [2.75, 3.05) is 7.11 Å². The van der Waals surface area contributed by atoms with E-state index in [4.69, 9.17) is 4.74 Å². The summed E-state index contributed by atoms with van der Waals surface area (Å²) >= 11 is 0. The van der Waals surface area contributed by atoms with Crippen LogP contribution >= 0.6 is 0 Å². The van der Waals surface area contributed by atoms with Crippen LogP contribution in [0.1, 0.15) is 5.56 Å². The Labute approximate surface area is 138 Å². The van der Waals surface area contributed by atoms with Crippen molar-refractivity contribution in [1.82, 2.24) is 19.4 Å². The van der Waals surface area contributed by atoms with Crippen molar-refractivity contribution in [3.05, 3.63) is 58.6 Å². The van der Waals surface area contributed by atoms with E-state index >= 15 is 0 Å². The predicted octanol–water partition coefficient (Wildman–Crippen LogP) is 1.06. The van der Waals surface area contributed by atoms with Gasteiger partial charge in [0.15, 0.2) is 5.65 Å². The van der Waals surface area contributed by atoms with Crippen LogP contribution in [0.4, 0.5) is 0 Å². The zero-order chi connectivity index (χ0) is 17.1. The fourth-order valence-corrected chi connectivity index (χ4v) is 2.53. The average molecular weight is 326 g/mol. The number of hydrogen-bond acceptors (Lipinski definition) is 4. The highest BCUT2D eigenvalue weighted by molar-refractivity contribution is 5.79. The Kier molecular flexibility index (Phi) is 4.33. The number of nitrogens with zero attached hydrogens (tertiary/aromatic N) is 3. The maximum Gasteiger partial charge on any atom is 0.330 e. The molecule has 0 radical (unpaired) electrons. The highest BCUT2D eigenvalue weighted by atomic mass is 16.5. The Morgan fingerprint density at radius 3 is 2.71 bits per heavy atom. The first kappa shape index (κ1) is 15.8. The third kappa shape index (κ3) is 3.01. The number of methoxy groups -OCH3 is 1. The van der Waals surface area contributed by atoms with Crippen LogP contribution in [0.2, 0.25) is 0 Å². The van der Waals surface area contributed by atoms with Gasteiger partial charge < -0.3 is 10.1 Å². The first-order valence-corrected chi connectivity index (χ1v) is 7.50. The van der Waals surface area contributed by atoms with Crippen LogP contribution in [-0.4, -0.2) is 27.1 Å². The summed E-state index contributed by atoms with van der Waals surface area (Å²) in [5, 5.41) is 2.82. The number of rotatable bonds is 5. The highest BCUT2D eigenvalue weighted by Gasteiger charge is 2.13. The maximum absolute atomic E-state index is 12.3. The molecule has 124 valence electrons. The predicted molar refractivity (Wildman–Crippen MR) is 89.8 cm³/mol. The van der Waals surface area contributed by atoms with Gasteiger partial charge in [-0.3, -0.25) is 13.9 Å². The van der Waals surface area contributed by atoms with Gasteiger partial charge in [-0.1, -0.05) is 12.1 Å². The molecule has 0 aliphatic heterocycles. The first-order valence-electron chi connectivity index (χ1n) is 7.50. The van der Waals surface area contributed by atoms with E-state index in [1.807, 2.05) is 24.3 Å². The van der Waals surface area contributed by atoms with Crippen molar-refractivity contribution in [3.8, 4) is 5.75 Å². The van der Waals surface area contributed by atoms with E-state index in [0.717, 1.165) is 11.3 Å². The van der Waals surface area contributed by atoms with Crippen molar-refractivity contribution in [3.63, 3.8) is 0 Å². The number of nitrogens with one attached hydrogen (secondary N) is 1. The second-order valence-electron chi connectivity index (χ2n) is 5.40. The molecule has 1 amide bonds. The molecule has 0 saturated heterocycles. The van der Waals surface area contributed by atoms with Gasteiger partial charge in [0.25, 0.3) is 0 Å². The number of imidazole rings is 1. The van der Waals surface area contributed by atoms with Crippen molar-refractivity contribution in [1.29, 1.82) is 0 Å². The number of amides is 1. The second-order valence-corrected chi connectivity index (χ2v) is 5.40. The SMILES string of the molecule is COc1ccc(CNC(=O)Cn2c(=O)n(C)c3ncccc32)cc1. The Bertz CT molecular complexity index is 925. The smallest absolute Gasteiger partial charge is 0.330 e. The summed E-state index contributed by atoms with van der Waals surface area (Å²) in [7, 11) is 3.25. The Morgan fingerprint density at radius 1 is 1.25 bits per heavy atom. The van der Waals surface area contributed by atoms with Crippen molar-refractivity contribution >= 4 is 17.1 Å². The van der Waals surface area contributed by atoms with Gasteiger partial charge in [-0.25, -0.2) is 9.78 Å². The number of fused-ring (bicyclic) bond motifs is 1. The lowest BCUT2D eigenvalue weighted by molar-refractivity contribution is -0.121. The number of benzene rings is 1. The van der Waals surface area contributed by atoms with Gasteiger partial charge in [0, 0.05) is 19.8 Å². The molecule has 0 fully saturated rings. The molecule has 0 saturated carbocycles. The topological polar surface area (TPSA) is 78.1 Å². The van der Waals surface area contributed by atoms with E-state index < -0.39 is 0 Å². The van der Waals surface area contributed by atoms with Crippen molar-refractivity contribution in [2.24, 2.45) is 7.05 Å². The van der Waals surface area contributed by atoms with E-state index in [1.54, 1.807) is 32.5 Å². The van der Waals surface area contributed by atoms with Gasteiger partial charge in [0.2, 0.25) is 5.91 Å². The molecule has 7 nitrogen and oxygen atoms in total. The van der Waals surface area contributed by atoms with Gasteiger partial charge in [0.05, 0.1) is 12.6 Å². The van der Waals surface area contributed by atoms with Crippen LogP contribution in [0.5, 0.6) is 5.75 Å². The van der Waals surface area contributed by atoms with Crippen LogP contribution < -0.4 is 15.7 Å². The summed E-state index contributed by atoms with van der Waals surface area (Å²) < 4.78 is 7.96. The molecule has 0 bridgehead atoms. The quantitative estimate of drug-likeness (QED) is 0.760. The number of aryl methyl sites for hydroxylation is 1. The zero-order valence-electron chi connectivity index (χ0n) is 13.5. The summed E-state index contributed by atoms with van der Waals surface area (Å²) in [6, 6.07) is 11.0. The minimum absolute atomic E-state index is 0.0436. The average Bonchev–Trinajstić information content (AvgIpc) is 2.86. The minimum Gasteiger partial charge on any atom is -0.497 e. The molecular weight excluding hydrogens is 308 g/mol. The number of carbonyl (C=O) groups excluding carboxylic acids is 1. The van der Waals surface area contributed by atoms with Crippen molar-refractivity contribution < 1.29 is 9.53 Å². The third-order valence-corrected chi connectivity index (χ3v) is 3.84. The summed E-state index contributed by atoms with van der Waals surface area (Å²) in [5.41, 5.74) is 1.90. The van der Waals surface area contributed by atoms with Crippen LogP contribution in [-0.2, 0) is 24.9 Å². The number of pyridine rings is 1. The molecule has 0 atom stereocenters. The van der Waals surface area contributed by atoms with E-state index in [0.29, 0.717) is 17.7 Å². The van der Waals surface area contributed by atoms with Gasteiger partial charge in [-0.2, -0.15) is 0 Å². The van der Waals surface area contributed by atoms with E-state index in [2.05, 4.69) is 10.3 Å². The van der Waals surface area contributed by atoms with Crippen LogP contribution in [0, 0.1) is 0 Å². The number of hydrogen-bond donors (Lipinski definition) is 1. The first-order chi connectivity index (χ1) is 11.6. The maximum atomic E-state index is 12.3. The molecule has 1 N–H and O–H groups in total. The lowest BCUT2D eigenvalue weighted by Crippen LogP contribution is -2.32. The van der Waals surface area contributed by atoms with E-state index in [1.165, 1.54) is 9.13 Å². The fraction of sp³-hybridized carbons (Fsp3) is 0.235. The highest BCUT2D eigenvalue weighted by Crippen LogP contribution is 2.11. The largest absolute Gasteiger partial charge is 0.497 e. The molecule has 1 aromatic carbocycles. The number of carbonyl (C=O) groups is 1. The van der Waals surface area contributed by atoms with Crippen LogP contribution in [0.15, 0.2) is 47.4 Å². The van der Waals surface area contributed by atoms with Gasteiger partial charge in [-0.15, -0.1) is 0 Å². The summed E-state index contributed by atoms with van der Waals surface area (Å²) in [4.78, 5) is 28.6. The lowest BCUT2D eigenvalue weighted by atomic mass is 10.2. The molecule has 3 aromatic rings. The normalized spacial score (nSPS) is 10.8. The summed E-state index contributed by atoms with van der Waals surface area (Å²) in [6.45, 7) is 0.346. The van der Waals surface area contributed by atoms with Crippen LogP contribution in [0.3, 0.4) is 0 Å². The van der Waals surface area contributed by atoms with Gasteiger partial charge in [0.1, 0.15) is 12.3 Å². The molecule has 0 unspecified atom stereocenters. The summed E-state index contributed by atoms with van der Waals surface area (Å²) in [6.07, 6.45) is 1.62. The summed E-state index contributed by atoms with van der Waals surface area (Å²) in [5.74, 6) is 0.532. The fourth-order valence-electron chi connectivity index (χ4n) is 2.53. The Morgan fingerprint density at radius 2 is 2.00 bits per heavy atom. The molecular formula is C17H18N4O3. The zero-order valence-corrected chi connectivity index (χ0v) is 13.5. The Balaban J connectivity index is 1.71. The monoisotopic (exact) mass is 326 g/mol. The molecule has 0 spiro atoms. The molecule has 2 heterocycles. The molecule has 0 aliphatic carbocycles. The molecule has 3 rings (SSSR count).